The molecule has 2 aromatic rings. The van der Waals surface area contributed by atoms with Crippen molar-refractivity contribution in [3.8, 4) is 5.75 Å². The summed E-state index contributed by atoms with van der Waals surface area (Å²) in [5.41, 5.74) is -0.140. The van der Waals surface area contributed by atoms with Gasteiger partial charge in [0.05, 0.1) is 11.8 Å². The molecule has 1 aromatic heterocycles. The summed E-state index contributed by atoms with van der Waals surface area (Å²) in [5, 5.41) is 3.15. The zero-order valence-electron chi connectivity index (χ0n) is 18.4. The van der Waals surface area contributed by atoms with Crippen LogP contribution in [0.15, 0.2) is 47.1 Å². The maximum atomic E-state index is 13.5. The van der Waals surface area contributed by atoms with Crippen LogP contribution in [0, 0.1) is 17.8 Å². The number of rotatable bonds is 2. The molecule has 0 radical (unpaired) electrons. The van der Waals surface area contributed by atoms with Crippen molar-refractivity contribution in [1.29, 1.82) is 0 Å². The van der Waals surface area contributed by atoms with E-state index in [1.54, 1.807) is 23.1 Å². The summed E-state index contributed by atoms with van der Waals surface area (Å²) in [6, 6.07) is 10.7. The van der Waals surface area contributed by atoms with Crippen molar-refractivity contribution in [1.82, 2.24) is 15.1 Å². The quantitative estimate of drug-likeness (QED) is 0.761. The van der Waals surface area contributed by atoms with E-state index >= 15 is 0 Å². The minimum atomic E-state index is -0.709. The fraction of sp³-hybridized carbons (Fsp3) is 0.480. The molecule has 2 aliphatic heterocycles. The van der Waals surface area contributed by atoms with Crippen molar-refractivity contribution >= 4 is 17.7 Å². The minimum Gasteiger partial charge on any atom is -0.467 e. The lowest BCUT2D eigenvalue weighted by Gasteiger charge is -2.55. The molecule has 1 N–H and O–H groups in total. The fourth-order valence-corrected chi connectivity index (χ4v) is 6.18. The highest BCUT2D eigenvalue weighted by Crippen LogP contribution is 2.52. The lowest BCUT2D eigenvalue weighted by atomic mass is 9.59. The average Bonchev–Trinajstić information content (AvgIpc) is 3.39. The molecule has 33 heavy (non-hydrogen) atoms. The van der Waals surface area contributed by atoms with Gasteiger partial charge in [0.1, 0.15) is 5.75 Å². The highest BCUT2D eigenvalue weighted by Gasteiger charge is 2.57. The van der Waals surface area contributed by atoms with Crippen LogP contribution in [0.25, 0.3) is 0 Å². The van der Waals surface area contributed by atoms with Gasteiger partial charge < -0.3 is 24.3 Å². The van der Waals surface area contributed by atoms with Gasteiger partial charge in [0, 0.05) is 44.4 Å². The van der Waals surface area contributed by atoms with Crippen molar-refractivity contribution < 1.29 is 23.5 Å². The Labute approximate surface area is 191 Å². The Hall–Kier alpha value is -3.29. The van der Waals surface area contributed by atoms with Crippen LogP contribution < -0.4 is 10.1 Å². The number of fused-ring (bicyclic) bond motifs is 3. The normalized spacial score (nSPS) is 30.5. The summed E-state index contributed by atoms with van der Waals surface area (Å²) < 4.78 is 11.6. The topological polar surface area (TPSA) is 92.1 Å². The summed E-state index contributed by atoms with van der Waals surface area (Å²) in [6.07, 6.45) is 4.79. The fourth-order valence-electron chi connectivity index (χ4n) is 6.18. The Morgan fingerprint density at radius 2 is 1.79 bits per heavy atom. The molecule has 0 unspecified atom stereocenters. The number of carbonyl (C=O) groups excluding carboxylic acids is 3. The van der Waals surface area contributed by atoms with Gasteiger partial charge in [-0.25, -0.2) is 0 Å². The number of hydrogen-bond acceptors (Lipinski definition) is 5. The summed E-state index contributed by atoms with van der Waals surface area (Å²) in [5.74, 6) is 1.15. The maximum absolute atomic E-state index is 13.5. The number of nitrogens with zero attached hydrogens (tertiary/aromatic N) is 2. The van der Waals surface area contributed by atoms with E-state index in [9.17, 15) is 14.4 Å². The molecule has 1 saturated heterocycles. The number of benzene rings is 1. The third kappa shape index (κ3) is 3.31. The number of nitrogens with one attached hydrogen (secondary N) is 1. The van der Waals surface area contributed by atoms with Gasteiger partial charge in [-0.05, 0) is 49.4 Å². The Kier molecular flexibility index (Phi) is 4.71. The molecule has 172 valence electrons. The second-order valence-corrected chi connectivity index (χ2v) is 9.62. The van der Waals surface area contributed by atoms with Gasteiger partial charge in [-0.2, -0.15) is 0 Å². The van der Waals surface area contributed by atoms with Crippen LogP contribution in [0.2, 0.25) is 0 Å². The van der Waals surface area contributed by atoms with Crippen molar-refractivity contribution in [2.45, 2.75) is 31.4 Å². The van der Waals surface area contributed by atoms with Crippen LogP contribution in [-0.2, 0) is 4.79 Å². The van der Waals surface area contributed by atoms with Gasteiger partial charge in [0.2, 0.25) is 5.91 Å². The number of amides is 3. The van der Waals surface area contributed by atoms with Gasteiger partial charge in [-0.3, -0.25) is 14.4 Å². The van der Waals surface area contributed by atoms with Crippen molar-refractivity contribution in [3.63, 3.8) is 0 Å². The molecule has 7 rings (SSSR count). The van der Waals surface area contributed by atoms with E-state index in [-0.39, 0.29) is 35.5 Å². The van der Waals surface area contributed by atoms with Crippen LogP contribution in [0.3, 0.4) is 0 Å². The number of furan rings is 1. The molecule has 2 bridgehead atoms. The SMILES string of the molecule is O=C1N[C@@]2(C[C@H]3CC[C@H]2C[C@H]3C(=O)N2CCN(C(=O)c3ccco3)CC2)Oc2ccccc21. The summed E-state index contributed by atoms with van der Waals surface area (Å²) >= 11 is 0. The highest BCUT2D eigenvalue weighted by atomic mass is 16.5. The molecule has 3 amide bonds. The standard InChI is InChI=1S/C25H27N3O5/c29-22-18-4-1-2-5-20(18)33-25(26-22)15-16-7-8-17(25)14-19(16)23(30)27-9-11-28(12-10-27)24(31)21-6-3-13-32-21/h1-6,13,16-17,19H,7-12,14-15H2,(H,26,29)/t16-,17+,19-,25+/m1/s1. The van der Waals surface area contributed by atoms with Crippen molar-refractivity contribution in [3.05, 3.63) is 54.0 Å². The number of ether oxygens (including phenoxy) is 1. The lowest BCUT2D eigenvalue weighted by Crippen LogP contribution is -2.67. The zero-order valence-corrected chi connectivity index (χ0v) is 18.4. The predicted molar refractivity (Wildman–Crippen MR) is 117 cm³/mol. The van der Waals surface area contributed by atoms with E-state index in [4.69, 9.17) is 9.15 Å². The molecule has 4 fully saturated rings. The van der Waals surface area contributed by atoms with Crippen LogP contribution in [0.5, 0.6) is 5.75 Å². The van der Waals surface area contributed by atoms with Crippen LogP contribution in [0.4, 0.5) is 0 Å². The van der Waals surface area contributed by atoms with E-state index in [2.05, 4.69) is 5.32 Å². The largest absolute Gasteiger partial charge is 0.467 e. The number of carbonyl (C=O) groups is 3. The molecule has 8 nitrogen and oxygen atoms in total. The Bertz CT molecular complexity index is 1090. The molecule has 8 heteroatoms. The van der Waals surface area contributed by atoms with Crippen LogP contribution >= 0.6 is 0 Å². The number of hydrogen-bond donors (Lipinski definition) is 1. The summed E-state index contributed by atoms with van der Waals surface area (Å²) in [6.45, 7) is 2.08. The van der Waals surface area contributed by atoms with Gasteiger partial charge in [0.25, 0.3) is 11.8 Å². The highest BCUT2D eigenvalue weighted by molar-refractivity contribution is 5.98. The average molecular weight is 450 g/mol. The summed E-state index contributed by atoms with van der Waals surface area (Å²) in [7, 11) is 0. The first kappa shape index (κ1) is 20.3. The second-order valence-electron chi connectivity index (χ2n) is 9.62. The van der Waals surface area contributed by atoms with Crippen molar-refractivity contribution in [2.75, 3.05) is 26.2 Å². The smallest absolute Gasteiger partial charge is 0.289 e. The summed E-state index contributed by atoms with van der Waals surface area (Å²) in [4.78, 5) is 42.4. The molecular weight excluding hydrogens is 422 g/mol. The van der Waals surface area contributed by atoms with E-state index in [0.29, 0.717) is 49.7 Å². The van der Waals surface area contributed by atoms with E-state index < -0.39 is 5.72 Å². The van der Waals surface area contributed by atoms with Crippen LogP contribution in [-0.4, -0.2) is 59.4 Å². The van der Waals surface area contributed by atoms with Gasteiger partial charge in [0.15, 0.2) is 11.5 Å². The third-order valence-electron chi connectivity index (χ3n) is 7.89. The predicted octanol–water partition coefficient (Wildman–Crippen LogP) is 2.52. The monoisotopic (exact) mass is 449 g/mol. The first-order chi connectivity index (χ1) is 16.0. The first-order valence-corrected chi connectivity index (χ1v) is 11.8. The Morgan fingerprint density at radius 3 is 2.52 bits per heavy atom. The molecular formula is C25H27N3O5. The zero-order chi connectivity index (χ0) is 22.6. The maximum Gasteiger partial charge on any atom is 0.289 e. The molecule has 3 heterocycles. The van der Waals surface area contributed by atoms with Gasteiger partial charge >= 0.3 is 0 Å². The molecule has 3 aliphatic carbocycles. The van der Waals surface area contributed by atoms with E-state index in [0.717, 1.165) is 19.3 Å². The number of piperazine rings is 1. The van der Waals surface area contributed by atoms with Crippen molar-refractivity contribution in [2.24, 2.45) is 17.8 Å². The molecule has 4 atom stereocenters. The Morgan fingerprint density at radius 1 is 1.00 bits per heavy atom. The van der Waals surface area contributed by atoms with Gasteiger partial charge in [-0.1, -0.05) is 12.1 Å². The minimum absolute atomic E-state index is 0.0561. The molecule has 1 spiro atoms. The Balaban J connectivity index is 1.12. The van der Waals surface area contributed by atoms with Crippen LogP contribution in [0.1, 0.15) is 46.6 Å². The first-order valence-electron chi connectivity index (χ1n) is 11.8. The molecule has 5 aliphatic rings. The van der Waals surface area contributed by atoms with E-state index in [1.165, 1.54) is 6.26 Å². The molecule has 1 aromatic carbocycles. The third-order valence-corrected chi connectivity index (χ3v) is 7.89. The second kappa shape index (κ2) is 7.64. The van der Waals surface area contributed by atoms with Gasteiger partial charge in [-0.15, -0.1) is 0 Å². The number of para-hydroxylation sites is 1. The molecule has 3 saturated carbocycles. The van der Waals surface area contributed by atoms with E-state index in [1.807, 2.05) is 23.1 Å². The lowest BCUT2D eigenvalue weighted by molar-refractivity contribution is -0.156.